The summed E-state index contributed by atoms with van der Waals surface area (Å²) in [7, 11) is 0. The van der Waals surface area contributed by atoms with Crippen LogP contribution < -0.4 is 4.90 Å². The third kappa shape index (κ3) is 5.20. The topological polar surface area (TPSA) is 67.6 Å². The van der Waals surface area contributed by atoms with Gasteiger partial charge in [0.25, 0.3) is 5.91 Å². The van der Waals surface area contributed by atoms with E-state index in [1.807, 2.05) is 30.3 Å². The number of benzene rings is 2. The summed E-state index contributed by atoms with van der Waals surface area (Å²) in [5, 5.41) is 20.6. The Morgan fingerprint density at radius 3 is 2.65 bits per heavy atom. The highest BCUT2D eigenvalue weighted by atomic mass is 35.5. The zero-order chi connectivity index (χ0) is 22.6. The maximum Gasteiger partial charge on any atom is 0.258 e. The number of hydrogen-bond donors (Lipinski definition) is 1. The Hall–Kier alpha value is -2.55. The highest BCUT2D eigenvalue weighted by Crippen LogP contribution is 2.31. The first kappa shape index (κ1) is 23.1. The molecule has 1 aliphatic heterocycles. The summed E-state index contributed by atoms with van der Waals surface area (Å²) in [6.45, 7) is 7.90. The van der Waals surface area contributed by atoms with Gasteiger partial charge in [-0.2, -0.15) is 5.26 Å². The van der Waals surface area contributed by atoms with Gasteiger partial charge in [0.2, 0.25) is 0 Å². The predicted octanol–water partition coefficient (Wildman–Crippen LogP) is 4.57. The van der Waals surface area contributed by atoms with E-state index in [9.17, 15) is 15.2 Å². The van der Waals surface area contributed by atoms with Crippen molar-refractivity contribution < 1.29 is 9.90 Å². The van der Waals surface area contributed by atoms with Gasteiger partial charge in [-0.15, -0.1) is 0 Å². The molecule has 1 N–H and O–H groups in total. The van der Waals surface area contributed by atoms with Crippen LogP contribution in [-0.2, 0) is 10.4 Å². The number of rotatable bonds is 7. The minimum Gasteiger partial charge on any atom is -0.376 e. The third-order valence-corrected chi connectivity index (χ3v) is 6.31. The number of nitrogens with zero attached hydrogens (tertiary/aromatic N) is 3. The molecule has 1 amide bonds. The highest BCUT2D eigenvalue weighted by Gasteiger charge is 2.40. The number of halogens is 1. The minimum atomic E-state index is -1.56. The quantitative estimate of drug-likeness (QED) is 0.686. The average Bonchev–Trinajstić information content (AvgIpc) is 3.23. The van der Waals surface area contributed by atoms with Crippen LogP contribution in [0.5, 0.6) is 0 Å². The van der Waals surface area contributed by atoms with Gasteiger partial charge in [-0.3, -0.25) is 4.79 Å². The monoisotopic (exact) mass is 439 g/mol. The molecule has 164 valence electrons. The summed E-state index contributed by atoms with van der Waals surface area (Å²) in [5.74, 6) is 0.261. The first-order valence-corrected chi connectivity index (χ1v) is 11.2. The van der Waals surface area contributed by atoms with Gasteiger partial charge < -0.3 is 14.9 Å². The predicted molar refractivity (Wildman–Crippen MR) is 124 cm³/mol. The Balaban J connectivity index is 1.80. The molecule has 5 nitrogen and oxygen atoms in total. The minimum absolute atomic E-state index is 0.123. The van der Waals surface area contributed by atoms with Crippen molar-refractivity contribution in [2.45, 2.75) is 45.3 Å². The standard InChI is InChI=1S/C25H30ClN3O2/c1-18(2)11-14-29(21-10-9-19(16-27)23(26)15-21)22-12-13-28(17-22)24(30)25(3,31)20-7-5-4-6-8-20/h4-10,15,18,22,31H,11-14,17H2,1-3H3/t22-,25+/m0/s1. The molecule has 1 aliphatic rings. The number of carbonyl (C=O) groups is 1. The largest absolute Gasteiger partial charge is 0.376 e. The second-order valence-electron chi connectivity index (χ2n) is 8.78. The van der Waals surface area contributed by atoms with Crippen LogP contribution in [-0.4, -0.2) is 41.6 Å². The SMILES string of the molecule is CC(C)CCN(c1ccc(C#N)c(Cl)c1)[C@H]1CCN(C(=O)[C@](C)(O)c2ccccc2)C1. The molecule has 0 unspecified atom stereocenters. The molecule has 0 saturated carbocycles. The van der Waals surface area contributed by atoms with E-state index in [0.717, 1.165) is 25.1 Å². The van der Waals surface area contributed by atoms with Crippen molar-refractivity contribution in [3.05, 3.63) is 64.7 Å². The van der Waals surface area contributed by atoms with Crippen molar-refractivity contribution in [1.82, 2.24) is 4.90 Å². The molecule has 0 spiro atoms. The van der Waals surface area contributed by atoms with Crippen molar-refractivity contribution in [3.63, 3.8) is 0 Å². The molecule has 2 aromatic carbocycles. The number of anilines is 1. The highest BCUT2D eigenvalue weighted by molar-refractivity contribution is 6.32. The summed E-state index contributed by atoms with van der Waals surface area (Å²) < 4.78 is 0. The molecule has 3 rings (SSSR count). The van der Waals surface area contributed by atoms with Crippen molar-refractivity contribution in [2.24, 2.45) is 5.92 Å². The second kappa shape index (κ2) is 9.72. The average molecular weight is 440 g/mol. The Kier molecular flexibility index (Phi) is 7.25. The lowest BCUT2D eigenvalue weighted by molar-refractivity contribution is -0.149. The first-order chi connectivity index (χ1) is 14.7. The Morgan fingerprint density at radius 2 is 2.03 bits per heavy atom. The molecule has 1 heterocycles. The third-order valence-electron chi connectivity index (χ3n) is 6.00. The molecule has 2 aromatic rings. The van der Waals surface area contributed by atoms with E-state index < -0.39 is 5.60 Å². The molecular weight excluding hydrogens is 410 g/mol. The van der Waals surface area contributed by atoms with Gasteiger partial charge in [0.1, 0.15) is 6.07 Å². The fourth-order valence-electron chi connectivity index (χ4n) is 4.07. The number of aliphatic hydroxyl groups is 1. The van der Waals surface area contributed by atoms with Crippen molar-refractivity contribution in [2.75, 3.05) is 24.5 Å². The lowest BCUT2D eigenvalue weighted by Gasteiger charge is -2.33. The van der Waals surface area contributed by atoms with Crippen molar-refractivity contribution in [1.29, 1.82) is 5.26 Å². The van der Waals surface area contributed by atoms with Gasteiger partial charge in [-0.25, -0.2) is 0 Å². The molecule has 6 heteroatoms. The van der Waals surface area contributed by atoms with Crippen LogP contribution in [0.4, 0.5) is 5.69 Å². The number of hydrogen-bond acceptors (Lipinski definition) is 4. The smallest absolute Gasteiger partial charge is 0.258 e. The summed E-state index contributed by atoms with van der Waals surface area (Å²) in [5.41, 5.74) is 0.450. The molecule has 0 aliphatic carbocycles. The van der Waals surface area contributed by atoms with E-state index in [1.165, 1.54) is 0 Å². The van der Waals surface area contributed by atoms with Gasteiger partial charge >= 0.3 is 0 Å². The Bertz CT molecular complexity index is 953. The maximum atomic E-state index is 13.2. The molecule has 2 atom stereocenters. The summed E-state index contributed by atoms with van der Waals surface area (Å²) in [6.07, 6.45) is 1.82. The molecule has 31 heavy (non-hydrogen) atoms. The van der Waals surface area contributed by atoms with Crippen LogP contribution in [0.2, 0.25) is 5.02 Å². The molecule has 1 saturated heterocycles. The van der Waals surface area contributed by atoms with E-state index in [0.29, 0.717) is 35.2 Å². The summed E-state index contributed by atoms with van der Waals surface area (Å²) >= 11 is 6.30. The second-order valence-corrected chi connectivity index (χ2v) is 9.19. The van der Waals surface area contributed by atoms with Crippen LogP contribution in [0.1, 0.15) is 44.7 Å². The molecule has 0 bridgehead atoms. The first-order valence-electron chi connectivity index (χ1n) is 10.8. The van der Waals surface area contributed by atoms with Crippen LogP contribution >= 0.6 is 11.6 Å². The molecular formula is C25H30ClN3O2. The number of amides is 1. The molecule has 0 radical (unpaired) electrons. The van der Waals surface area contributed by atoms with Gasteiger partial charge in [-0.1, -0.05) is 55.8 Å². The normalized spacial score (nSPS) is 18.0. The Labute approximate surface area is 189 Å². The van der Waals surface area contributed by atoms with Gasteiger partial charge in [-0.05, 0) is 49.4 Å². The van der Waals surface area contributed by atoms with Crippen molar-refractivity contribution in [3.8, 4) is 6.07 Å². The lowest BCUT2D eigenvalue weighted by Crippen LogP contribution is -2.46. The fourth-order valence-corrected chi connectivity index (χ4v) is 4.28. The van der Waals surface area contributed by atoms with E-state index >= 15 is 0 Å². The van der Waals surface area contributed by atoms with E-state index in [1.54, 1.807) is 30.0 Å². The number of likely N-dealkylation sites (tertiary alicyclic amines) is 1. The zero-order valence-electron chi connectivity index (χ0n) is 18.4. The van der Waals surface area contributed by atoms with E-state index in [2.05, 4.69) is 24.8 Å². The van der Waals surface area contributed by atoms with Gasteiger partial charge in [0.15, 0.2) is 5.60 Å². The van der Waals surface area contributed by atoms with Crippen LogP contribution in [0.25, 0.3) is 0 Å². The fraction of sp³-hybridized carbons (Fsp3) is 0.440. The van der Waals surface area contributed by atoms with Crippen LogP contribution in [0.3, 0.4) is 0 Å². The van der Waals surface area contributed by atoms with E-state index in [-0.39, 0.29) is 11.9 Å². The molecule has 1 fully saturated rings. The van der Waals surface area contributed by atoms with E-state index in [4.69, 9.17) is 11.6 Å². The summed E-state index contributed by atoms with van der Waals surface area (Å²) in [6, 6.07) is 16.8. The summed E-state index contributed by atoms with van der Waals surface area (Å²) in [4.78, 5) is 17.2. The number of nitriles is 1. The lowest BCUT2D eigenvalue weighted by atomic mass is 9.94. The molecule has 0 aromatic heterocycles. The van der Waals surface area contributed by atoms with Crippen LogP contribution in [0.15, 0.2) is 48.5 Å². The zero-order valence-corrected chi connectivity index (χ0v) is 19.1. The van der Waals surface area contributed by atoms with Gasteiger partial charge in [0.05, 0.1) is 10.6 Å². The van der Waals surface area contributed by atoms with Gasteiger partial charge in [0, 0.05) is 31.4 Å². The van der Waals surface area contributed by atoms with Crippen LogP contribution in [0, 0.1) is 17.2 Å². The Morgan fingerprint density at radius 1 is 1.32 bits per heavy atom. The number of carbonyl (C=O) groups excluding carboxylic acids is 1. The van der Waals surface area contributed by atoms with Crippen molar-refractivity contribution >= 4 is 23.2 Å². The maximum absolute atomic E-state index is 13.2.